The molecule has 3 rings (SSSR count). The molecule has 0 saturated carbocycles. The van der Waals surface area contributed by atoms with Crippen LogP contribution in [0.4, 0.5) is 5.13 Å². The van der Waals surface area contributed by atoms with E-state index in [0.29, 0.717) is 22.3 Å². The monoisotopic (exact) mass is 433 g/mol. The maximum absolute atomic E-state index is 13.4. The molecule has 1 amide bonds. The average Bonchev–Trinajstić information content (AvgIpc) is 3.10. The van der Waals surface area contributed by atoms with Crippen LogP contribution in [0.1, 0.15) is 23.7 Å². The Bertz CT molecular complexity index is 958. The molecule has 148 valence electrons. The van der Waals surface area contributed by atoms with E-state index in [1.807, 2.05) is 56.6 Å². The number of hydrogen-bond acceptors (Lipinski definition) is 5. The van der Waals surface area contributed by atoms with Crippen LogP contribution in [-0.2, 0) is 0 Å². The fourth-order valence-electron chi connectivity index (χ4n) is 2.89. The highest BCUT2D eigenvalue weighted by Crippen LogP contribution is 2.33. The van der Waals surface area contributed by atoms with Crippen molar-refractivity contribution in [2.45, 2.75) is 18.2 Å². The summed E-state index contributed by atoms with van der Waals surface area (Å²) in [4.78, 5) is 23.1. The summed E-state index contributed by atoms with van der Waals surface area (Å²) in [5, 5.41) is 1.31. The van der Waals surface area contributed by atoms with Crippen molar-refractivity contribution < 1.29 is 4.79 Å². The molecule has 2 aromatic carbocycles. The van der Waals surface area contributed by atoms with E-state index in [9.17, 15) is 4.79 Å². The molecule has 7 heteroatoms. The van der Waals surface area contributed by atoms with Crippen LogP contribution in [-0.4, -0.2) is 48.7 Å². The van der Waals surface area contributed by atoms with Crippen molar-refractivity contribution in [1.29, 1.82) is 0 Å². The average molecular weight is 434 g/mol. The number of carbonyl (C=O) groups is 1. The number of rotatable bonds is 8. The lowest BCUT2D eigenvalue weighted by Gasteiger charge is -2.21. The van der Waals surface area contributed by atoms with E-state index >= 15 is 0 Å². The minimum Gasteiger partial charge on any atom is -0.309 e. The third-order valence-electron chi connectivity index (χ3n) is 4.21. The van der Waals surface area contributed by atoms with Gasteiger partial charge in [-0.25, -0.2) is 4.98 Å². The second-order valence-electron chi connectivity index (χ2n) is 6.66. The van der Waals surface area contributed by atoms with E-state index in [0.717, 1.165) is 33.8 Å². The molecule has 4 nitrogen and oxygen atoms in total. The van der Waals surface area contributed by atoms with Gasteiger partial charge in [0.15, 0.2) is 5.13 Å². The van der Waals surface area contributed by atoms with E-state index in [2.05, 4.69) is 16.8 Å². The third-order valence-corrected chi connectivity index (χ3v) is 6.44. The second-order valence-corrected chi connectivity index (χ2v) is 9.41. The van der Waals surface area contributed by atoms with Crippen molar-refractivity contribution >= 4 is 56.0 Å². The lowest BCUT2D eigenvalue weighted by atomic mass is 10.2. The Morgan fingerprint density at radius 1 is 1.18 bits per heavy atom. The zero-order valence-corrected chi connectivity index (χ0v) is 18.7. The van der Waals surface area contributed by atoms with Crippen molar-refractivity contribution in [3.8, 4) is 0 Å². The van der Waals surface area contributed by atoms with Gasteiger partial charge in [-0.1, -0.05) is 42.0 Å². The highest BCUT2D eigenvalue weighted by Gasteiger charge is 2.22. The summed E-state index contributed by atoms with van der Waals surface area (Å²) in [6, 6.07) is 13.6. The largest absolute Gasteiger partial charge is 0.309 e. The lowest BCUT2D eigenvalue weighted by Crippen LogP contribution is -2.33. The van der Waals surface area contributed by atoms with Gasteiger partial charge in [0.2, 0.25) is 0 Å². The van der Waals surface area contributed by atoms with E-state index in [1.165, 1.54) is 11.3 Å². The standard InChI is InChI=1S/C21H24ClN3OS2/c1-4-27-16-9-5-8-15(14-16)20(26)25(13-7-12-24(2)3)21-23-19-17(22)10-6-11-18(19)28-21/h5-6,8-11,14H,4,7,12-13H2,1-3H3. The molecule has 28 heavy (non-hydrogen) atoms. The van der Waals surface area contributed by atoms with Gasteiger partial charge in [0.25, 0.3) is 5.91 Å². The molecule has 3 aromatic rings. The predicted octanol–water partition coefficient (Wildman–Crippen LogP) is 5.66. The Hall–Kier alpha value is -1.60. The van der Waals surface area contributed by atoms with E-state index in [4.69, 9.17) is 11.6 Å². The third kappa shape index (κ3) is 5.06. The highest BCUT2D eigenvalue weighted by atomic mass is 35.5. The number of halogens is 1. The first kappa shape index (κ1) is 21.1. The zero-order chi connectivity index (χ0) is 20.1. The first-order valence-electron chi connectivity index (χ1n) is 9.24. The van der Waals surface area contributed by atoms with Crippen LogP contribution in [0.25, 0.3) is 10.2 Å². The summed E-state index contributed by atoms with van der Waals surface area (Å²) in [6.45, 7) is 3.62. The summed E-state index contributed by atoms with van der Waals surface area (Å²) in [7, 11) is 4.07. The summed E-state index contributed by atoms with van der Waals surface area (Å²) in [5.74, 6) is 0.952. The van der Waals surface area contributed by atoms with E-state index in [-0.39, 0.29) is 5.91 Å². The molecule has 0 saturated heterocycles. The number of hydrogen-bond donors (Lipinski definition) is 0. The van der Waals surface area contributed by atoms with Gasteiger partial charge in [-0.05, 0) is 63.1 Å². The molecule has 0 bridgehead atoms. The van der Waals surface area contributed by atoms with Crippen molar-refractivity contribution in [1.82, 2.24) is 9.88 Å². The molecule has 1 heterocycles. The summed E-state index contributed by atoms with van der Waals surface area (Å²) in [5.41, 5.74) is 1.44. The number of nitrogens with zero attached hydrogens (tertiary/aromatic N) is 3. The number of carbonyl (C=O) groups excluding carboxylic acids is 1. The van der Waals surface area contributed by atoms with Crippen molar-refractivity contribution in [3.05, 3.63) is 53.1 Å². The number of amides is 1. The molecule has 0 N–H and O–H groups in total. The summed E-state index contributed by atoms with van der Waals surface area (Å²) >= 11 is 9.54. The lowest BCUT2D eigenvalue weighted by molar-refractivity contribution is 0.0986. The van der Waals surface area contributed by atoms with Gasteiger partial charge in [0, 0.05) is 17.0 Å². The Kier molecular flexibility index (Phi) is 7.35. The summed E-state index contributed by atoms with van der Waals surface area (Å²) < 4.78 is 0.989. The normalized spacial score (nSPS) is 11.3. The molecule has 0 aliphatic carbocycles. The van der Waals surface area contributed by atoms with Crippen LogP contribution >= 0.6 is 34.7 Å². The van der Waals surface area contributed by atoms with Crippen LogP contribution in [0.15, 0.2) is 47.4 Å². The number of thiazole rings is 1. The van der Waals surface area contributed by atoms with Gasteiger partial charge in [-0.15, -0.1) is 11.8 Å². The summed E-state index contributed by atoms with van der Waals surface area (Å²) in [6.07, 6.45) is 0.867. The number of fused-ring (bicyclic) bond motifs is 1. The second kappa shape index (κ2) is 9.74. The van der Waals surface area contributed by atoms with Crippen molar-refractivity contribution in [3.63, 3.8) is 0 Å². The fraction of sp³-hybridized carbons (Fsp3) is 0.333. The van der Waals surface area contributed by atoms with Gasteiger partial charge in [0.05, 0.1) is 9.72 Å². The molecule has 0 unspecified atom stereocenters. The number of anilines is 1. The molecule has 0 radical (unpaired) electrons. The van der Waals surface area contributed by atoms with Crippen molar-refractivity contribution in [2.24, 2.45) is 0 Å². The highest BCUT2D eigenvalue weighted by molar-refractivity contribution is 7.99. The van der Waals surface area contributed by atoms with Crippen LogP contribution < -0.4 is 4.90 Å². The van der Waals surface area contributed by atoms with Gasteiger partial charge in [0.1, 0.15) is 5.52 Å². The quantitative estimate of drug-likeness (QED) is 0.429. The Morgan fingerprint density at radius 3 is 2.68 bits per heavy atom. The van der Waals surface area contributed by atoms with Crippen LogP contribution in [0.2, 0.25) is 5.02 Å². The molecule has 1 aromatic heterocycles. The minimum atomic E-state index is -0.0208. The first-order valence-corrected chi connectivity index (χ1v) is 11.4. The number of thioether (sulfide) groups is 1. The Morgan fingerprint density at radius 2 is 1.96 bits per heavy atom. The topological polar surface area (TPSA) is 36.4 Å². The van der Waals surface area contributed by atoms with E-state index in [1.54, 1.807) is 16.7 Å². The maximum Gasteiger partial charge on any atom is 0.260 e. The number of para-hydroxylation sites is 1. The molecule has 0 atom stereocenters. The van der Waals surface area contributed by atoms with Gasteiger partial charge in [-0.2, -0.15) is 0 Å². The number of aromatic nitrogens is 1. The van der Waals surface area contributed by atoms with Gasteiger partial charge < -0.3 is 4.90 Å². The molecule has 0 spiro atoms. The van der Waals surface area contributed by atoms with Gasteiger partial charge >= 0.3 is 0 Å². The van der Waals surface area contributed by atoms with E-state index < -0.39 is 0 Å². The molecule has 0 fully saturated rings. The van der Waals surface area contributed by atoms with Crippen molar-refractivity contribution in [2.75, 3.05) is 37.8 Å². The predicted molar refractivity (Wildman–Crippen MR) is 122 cm³/mol. The SMILES string of the molecule is CCSc1cccc(C(=O)N(CCCN(C)C)c2nc3c(Cl)cccc3s2)c1. The fourth-order valence-corrected chi connectivity index (χ4v) is 4.90. The van der Waals surface area contributed by atoms with Crippen LogP contribution in [0.5, 0.6) is 0 Å². The molecule has 0 aliphatic rings. The van der Waals surface area contributed by atoms with Gasteiger partial charge in [-0.3, -0.25) is 9.69 Å². The maximum atomic E-state index is 13.4. The Balaban J connectivity index is 1.94. The first-order chi connectivity index (χ1) is 13.5. The Labute approximate surface area is 179 Å². The molecular formula is C21H24ClN3OS2. The van der Waals surface area contributed by atoms with Crippen LogP contribution in [0.3, 0.4) is 0 Å². The minimum absolute atomic E-state index is 0.0208. The van der Waals surface area contributed by atoms with Crippen LogP contribution in [0, 0.1) is 0 Å². The number of benzene rings is 2. The zero-order valence-electron chi connectivity index (χ0n) is 16.3. The smallest absolute Gasteiger partial charge is 0.260 e. The molecule has 0 aliphatic heterocycles. The molecular weight excluding hydrogens is 410 g/mol.